The molecule has 0 bridgehead atoms. The van der Waals surface area contributed by atoms with Gasteiger partial charge in [0, 0.05) is 5.46 Å². The normalized spacial score (nSPS) is 11.4. The van der Waals surface area contributed by atoms with Gasteiger partial charge in [0.15, 0.2) is 11.6 Å². The van der Waals surface area contributed by atoms with Crippen LogP contribution in [-0.4, -0.2) is 17.2 Å². The van der Waals surface area contributed by atoms with Gasteiger partial charge in [0.25, 0.3) is 0 Å². The van der Waals surface area contributed by atoms with Crippen molar-refractivity contribution >= 4 is 12.6 Å². The molecular weight excluding hydrogens is 303 g/mol. The third kappa shape index (κ3) is 3.77. The average molecular weight is 314 g/mol. The molecule has 0 aromatic heterocycles. The van der Waals surface area contributed by atoms with Crippen molar-refractivity contribution in [3.8, 4) is 5.75 Å². The van der Waals surface area contributed by atoms with Gasteiger partial charge in [-0.05, 0) is 17.7 Å². The van der Waals surface area contributed by atoms with Crippen molar-refractivity contribution in [1.29, 1.82) is 0 Å². The van der Waals surface area contributed by atoms with Crippen LogP contribution in [0.1, 0.15) is 11.1 Å². The van der Waals surface area contributed by atoms with Crippen molar-refractivity contribution < 1.29 is 32.3 Å². The zero-order chi connectivity index (χ0) is 16.3. The Balaban J connectivity index is 2.34. The highest BCUT2D eigenvalue weighted by atomic mass is 19.4. The molecule has 3 nitrogen and oxygen atoms in total. The molecule has 0 heterocycles. The van der Waals surface area contributed by atoms with E-state index in [1.165, 1.54) is 0 Å². The van der Waals surface area contributed by atoms with Gasteiger partial charge in [-0.1, -0.05) is 30.3 Å². The average Bonchev–Trinajstić information content (AvgIpc) is 2.45. The van der Waals surface area contributed by atoms with Crippen LogP contribution in [0, 0.1) is 5.82 Å². The Kier molecular flexibility index (Phi) is 4.73. The lowest BCUT2D eigenvalue weighted by Gasteiger charge is -2.15. The summed E-state index contributed by atoms with van der Waals surface area (Å²) in [5.41, 5.74) is -1.34. The summed E-state index contributed by atoms with van der Waals surface area (Å²) in [6, 6.07) is 9.24. The van der Waals surface area contributed by atoms with Crippen LogP contribution in [0.15, 0.2) is 42.5 Å². The molecule has 8 heteroatoms. The second-order valence-electron chi connectivity index (χ2n) is 4.52. The first-order valence-electron chi connectivity index (χ1n) is 6.22. The third-order valence-corrected chi connectivity index (χ3v) is 2.90. The first-order chi connectivity index (χ1) is 10.3. The lowest BCUT2D eigenvalue weighted by atomic mass is 9.78. The highest BCUT2D eigenvalue weighted by molar-refractivity contribution is 6.59. The van der Waals surface area contributed by atoms with Gasteiger partial charge in [-0.25, -0.2) is 4.39 Å². The first-order valence-corrected chi connectivity index (χ1v) is 6.22. The SMILES string of the molecule is OB(O)c1cc(C(F)(F)F)cc(F)c1OCc1ccccc1. The van der Waals surface area contributed by atoms with Gasteiger partial charge in [-0.3, -0.25) is 0 Å². The molecule has 0 unspecified atom stereocenters. The minimum absolute atomic E-state index is 0.122. The molecule has 2 aromatic carbocycles. The Morgan fingerprint density at radius 1 is 1.05 bits per heavy atom. The highest BCUT2D eigenvalue weighted by Crippen LogP contribution is 2.31. The second-order valence-corrected chi connectivity index (χ2v) is 4.52. The van der Waals surface area contributed by atoms with Crippen LogP contribution >= 0.6 is 0 Å². The Labute approximate surface area is 123 Å². The summed E-state index contributed by atoms with van der Waals surface area (Å²) < 4.78 is 56.8. The van der Waals surface area contributed by atoms with E-state index >= 15 is 0 Å². The minimum Gasteiger partial charge on any atom is -0.486 e. The van der Waals surface area contributed by atoms with E-state index in [0.717, 1.165) is 0 Å². The first kappa shape index (κ1) is 16.3. The smallest absolute Gasteiger partial charge is 0.486 e. The Hall–Kier alpha value is -2.06. The Morgan fingerprint density at radius 3 is 2.23 bits per heavy atom. The van der Waals surface area contributed by atoms with Crippen molar-refractivity contribution in [2.45, 2.75) is 12.8 Å². The standard InChI is InChI=1S/C14H11BF4O3/c16-12-7-10(14(17,18)19)6-11(15(20)21)13(12)22-8-9-4-2-1-3-5-9/h1-7,20-21H,8H2. The van der Waals surface area contributed by atoms with E-state index in [1.54, 1.807) is 30.3 Å². The monoisotopic (exact) mass is 314 g/mol. The maximum Gasteiger partial charge on any atom is 0.492 e. The van der Waals surface area contributed by atoms with E-state index < -0.39 is 35.9 Å². The van der Waals surface area contributed by atoms with E-state index in [-0.39, 0.29) is 12.7 Å². The van der Waals surface area contributed by atoms with E-state index in [1.807, 2.05) is 0 Å². The largest absolute Gasteiger partial charge is 0.492 e. The molecule has 0 saturated carbocycles. The van der Waals surface area contributed by atoms with Crippen LogP contribution < -0.4 is 10.2 Å². The maximum atomic E-state index is 13.9. The summed E-state index contributed by atoms with van der Waals surface area (Å²) in [5, 5.41) is 18.3. The summed E-state index contributed by atoms with van der Waals surface area (Å²) >= 11 is 0. The number of hydrogen-bond acceptors (Lipinski definition) is 3. The number of halogens is 4. The van der Waals surface area contributed by atoms with Crippen molar-refractivity contribution in [3.63, 3.8) is 0 Å². The fraction of sp³-hybridized carbons (Fsp3) is 0.143. The molecule has 0 amide bonds. The molecule has 0 spiro atoms. The van der Waals surface area contributed by atoms with E-state index in [4.69, 9.17) is 14.8 Å². The lowest BCUT2D eigenvalue weighted by molar-refractivity contribution is -0.137. The maximum absolute atomic E-state index is 13.9. The topological polar surface area (TPSA) is 49.7 Å². The van der Waals surface area contributed by atoms with Crippen molar-refractivity contribution in [2.75, 3.05) is 0 Å². The van der Waals surface area contributed by atoms with Gasteiger partial charge in [0.05, 0.1) is 5.56 Å². The summed E-state index contributed by atoms with van der Waals surface area (Å²) in [5.74, 6) is -1.93. The van der Waals surface area contributed by atoms with Gasteiger partial charge in [-0.15, -0.1) is 0 Å². The molecule has 0 aliphatic carbocycles. The summed E-state index contributed by atoms with van der Waals surface area (Å²) in [7, 11) is -2.29. The number of hydrogen-bond donors (Lipinski definition) is 2. The van der Waals surface area contributed by atoms with Crippen LogP contribution in [0.5, 0.6) is 5.75 Å². The molecular formula is C14H11BF4O3. The highest BCUT2D eigenvalue weighted by Gasteiger charge is 2.34. The number of rotatable bonds is 4. The van der Waals surface area contributed by atoms with Crippen LogP contribution in [-0.2, 0) is 12.8 Å². The molecule has 0 fully saturated rings. The van der Waals surface area contributed by atoms with Gasteiger partial charge >= 0.3 is 13.3 Å². The molecule has 2 rings (SSSR count). The Morgan fingerprint density at radius 2 is 1.68 bits per heavy atom. The van der Waals surface area contributed by atoms with Crippen molar-refractivity contribution in [3.05, 3.63) is 59.4 Å². The van der Waals surface area contributed by atoms with Crippen LogP contribution in [0.25, 0.3) is 0 Å². The summed E-state index contributed by atoms with van der Waals surface area (Å²) in [4.78, 5) is 0. The predicted octanol–water partition coefficient (Wildman–Crippen LogP) is 2.10. The molecule has 0 aliphatic rings. The van der Waals surface area contributed by atoms with Crippen molar-refractivity contribution in [1.82, 2.24) is 0 Å². The third-order valence-electron chi connectivity index (χ3n) is 2.90. The molecule has 0 radical (unpaired) electrons. The van der Waals surface area contributed by atoms with Crippen molar-refractivity contribution in [2.24, 2.45) is 0 Å². The second kappa shape index (κ2) is 6.37. The fourth-order valence-electron chi connectivity index (χ4n) is 1.85. The van der Waals surface area contributed by atoms with Gasteiger partial charge < -0.3 is 14.8 Å². The van der Waals surface area contributed by atoms with Gasteiger partial charge in [0.1, 0.15) is 6.61 Å². The van der Waals surface area contributed by atoms with Crippen LogP contribution in [0.3, 0.4) is 0 Å². The fourth-order valence-corrected chi connectivity index (χ4v) is 1.85. The zero-order valence-electron chi connectivity index (χ0n) is 11.1. The van der Waals surface area contributed by atoms with Gasteiger partial charge in [0.2, 0.25) is 0 Å². The quantitative estimate of drug-likeness (QED) is 0.671. The lowest BCUT2D eigenvalue weighted by Crippen LogP contribution is -2.33. The molecule has 22 heavy (non-hydrogen) atoms. The van der Waals surface area contributed by atoms with E-state index in [0.29, 0.717) is 11.6 Å². The molecule has 2 N–H and O–H groups in total. The van der Waals surface area contributed by atoms with Crippen LogP contribution in [0.2, 0.25) is 0 Å². The molecule has 0 aliphatic heterocycles. The predicted molar refractivity (Wildman–Crippen MR) is 72.0 cm³/mol. The molecule has 0 saturated heterocycles. The summed E-state index contributed by atoms with van der Waals surface area (Å²) in [6.07, 6.45) is -4.80. The van der Waals surface area contributed by atoms with E-state index in [9.17, 15) is 17.6 Å². The molecule has 2 aromatic rings. The minimum atomic E-state index is -4.80. The molecule has 116 valence electrons. The summed E-state index contributed by atoms with van der Waals surface area (Å²) in [6.45, 7) is -0.122. The number of ether oxygens (including phenoxy) is 1. The number of alkyl halides is 3. The van der Waals surface area contributed by atoms with E-state index in [2.05, 4.69) is 0 Å². The number of benzene rings is 2. The zero-order valence-corrected chi connectivity index (χ0v) is 11.1. The van der Waals surface area contributed by atoms with Crippen LogP contribution in [0.4, 0.5) is 17.6 Å². The van der Waals surface area contributed by atoms with Gasteiger partial charge in [-0.2, -0.15) is 13.2 Å². The Bertz CT molecular complexity index is 645. The molecule has 0 atom stereocenters.